The van der Waals surface area contributed by atoms with Gasteiger partial charge >= 0.3 is 0 Å². The fraction of sp³-hybridized carbons (Fsp3) is 0.647. The van der Waals surface area contributed by atoms with E-state index in [4.69, 9.17) is 0 Å². The highest BCUT2D eigenvalue weighted by atomic mass is 14.8. The average Bonchev–Trinajstić information content (AvgIpc) is 2.81. The average molecular weight is 245 g/mol. The summed E-state index contributed by atoms with van der Waals surface area (Å²) >= 11 is 0. The summed E-state index contributed by atoms with van der Waals surface area (Å²) in [7, 11) is 2.04. The standard InChI is InChI=1S/C17H27N/c1-17(2,11-12-18-3)10-9-14-7-8-15-5-4-6-16(15)13-14/h7-8,13,18H,4-6,9-12H2,1-3H3. The zero-order chi connectivity index (χ0) is 13.0. The number of hydrogen-bond donors (Lipinski definition) is 1. The van der Waals surface area contributed by atoms with Crippen molar-refractivity contribution in [3.63, 3.8) is 0 Å². The molecule has 2 rings (SSSR count). The van der Waals surface area contributed by atoms with Crippen molar-refractivity contribution in [2.24, 2.45) is 5.41 Å². The summed E-state index contributed by atoms with van der Waals surface area (Å²) < 4.78 is 0. The molecule has 1 nitrogen and oxygen atoms in total. The highest BCUT2D eigenvalue weighted by molar-refractivity contribution is 5.35. The molecule has 1 aromatic carbocycles. The van der Waals surface area contributed by atoms with Gasteiger partial charge in [-0.3, -0.25) is 0 Å². The maximum atomic E-state index is 3.26. The fourth-order valence-corrected chi connectivity index (χ4v) is 2.85. The van der Waals surface area contributed by atoms with Crippen molar-refractivity contribution in [3.8, 4) is 0 Å². The largest absolute Gasteiger partial charge is 0.320 e. The Balaban J connectivity index is 1.90. The summed E-state index contributed by atoms with van der Waals surface area (Å²) in [5.74, 6) is 0. The van der Waals surface area contributed by atoms with Crippen LogP contribution in [0.15, 0.2) is 18.2 Å². The highest BCUT2D eigenvalue weighted by Gasteiger charge is 2.17. The summed E-state index contributed by atoms with van der Waals surface area (Å²) in [6.07, 6.45) is 7.72. The molecule has 0 radical (unpaired) electrons. The van der Waals surface area contributed by atoms with E-state index in [-0.39, 0.29) is 0 Å². The van der Waals surface area contributed by atoms with Crippen LogP contribution in [0.5, 0.6) is 0 Å². The van der Waals surface area contributed by atoms with Gasteiger partial charge in [0.25, 0.3) is 0 Å². The van der Waals surface area contributed by atoms with Crippen LogP contribution < -0.4 is 5.32 Å². The third kappa shape index (κ3) is 3.58. The Labute approximate surface area is 112 Å². The molecule has 1 aliphatic rings. The Kier molecular flexibility index (Phi) is 4.45. The first-order valence-corrected chi connectivity index (χ1v) is 7.36. The molecule has 0 unspecified atom stereocenters. The van der Waals surface area contributed by atoms with Crippen LogP contribution in [-0.2, 0) is 19.3 Å². The monoisotopic (exact) mass is 245 g/mol. The minimum absolute atomic E-state index is 0.446. The van der Waals surface area contributed by atoms with E-state index in [1.165, 1.54) is 44.1 Å². The Bertz CT molecular complexity index is 393. The Morgan fingerprint density at radius 1 is 1.11 bits per heavy atom. The van der Waals surface area contributed by atoms with E-state index in [1.54, 1.807) is 11.1 Å². The van der Waals surface area contributed by atoms with Crippen molar-refractivity contribution in [3.05, 3.63) is 34.9 Å². The maximum absolute atomic E-state index is 3.26. The van der Waals surface area contributed by atoms with Gasteiger partial charge < -0.3 is 5.32 Å². The lowest BCUT2D eigenvalue weighted by Gasteiger charge is -2.24. The van der Waals surface area contributed by atoms with E-state index in [0.29, 0.717) is 5.41 Å². The van der Waals surface area contributed by atoms with Gasteiger partial charge in [-0.25, -0.2) is 0 Å². The lowest BCUT2D eigenvalue weighted by molar-refractivity contribution is 0.305. The van der Waals surface area contributed by atoms with E-state index in [0.717, 1.165) is 6.54 Å². The molecular weight excluding hydrogens is 218 g/mol. The second-order valence-electron chi connectivity index (χ2n) is 6.47. The molecular formula is C17H27N. The molecule has 0 amide bonds. The van der Waals surface area contributed by atoms with Crippen LogP contribution in [0.2, 0.25) is 0 Å². The first-order chi connectivity index (χ1) is 8.61. The van der Waals surface area contributed by atoms with Crippen LogP contribution in [-0.4, -0.2) is 13.6 Å². The third-order valence-corrected chi connectivity index (χ3v) is 4.31. The molecule has 0 saturated carbocycles. The Hall–Kier alpha value is -0.820. The van der Waals surface area contributed by atoms with Crippen molar-refractivity contribution in [2.75, 3.05) is 13.6 Å². The Morgan fingerprint density at radius 3 is 2.67 bits per heavy atom. The topological polar surface area (TPSA) is 12.0 Å². The molecule has 0 saturated heterocycles. The van der Waals surface area contributed by atoms with E-state index in [1.807, 2.05) is 7.05 Å². The predicted octanol–water partition coefficient (Wildman–Crippen LogP) is 3.74. The van der Waals surface area contributed by atoms with E-state index in [9.17, 15) is 0 Å². The first kappa shape index (κ1) is 13.6. The fourth-order valence-electron chi connectivity index (χ4n) is 2.85. The van der Waals surface area contributed by atoms with Gasteiger partial charge in [-0.05, 0) is 74.2 Å². The van der Waals surface area contributed by atoms with Crippen LogP contribution in [0.25, 0.3) is 0 Å². The molecule has 0 fully saturated rings. The molecule has 0 bridgehead atoms. The van der Waals surface area contributed by atoms with Gasteiger partial charge in [0.05, 0.1) is 0 Å². The van der Waals surface area contributed by atoms with Crippen LogP contribution in [0.3, 0.4) is 0 Å². The summed E-state index contributed by atoms with van der Waals surface area (Å²) in [5.41, 5.74) is 5.18. The lowest BCUT2D eigenvalue weighted by Crippen LogP contribution is -2.20. The number of fused-ring (bicyclic) bond motifs is 1. The van der Waals surface area contributed by atoms with Gasteiger partial charge in [0.15, 0.2) is 0 Å². The zero-order valence-corrected chi connectivity index (χ0v) is 12.2. The quantitative estimate of drug-likeness (QED) is 0.805. The van der Waals surface area contributed by atoms with Crippen molar-refractivity contribution < 1.29 is 0 Å². The van der Waals surface area contributed by atoms with Crippen molar-refractivity contribution in [2.45, 2.75) is 52.4 Å². The van der Waals surface area contributed by atoms with Crippen molar-refractivity contribution in [1.82, 2.24) is 5.32 Å². The van der Waals surface area contributed by atoms with Gasteiger partial charge in [-0.1, -0.05) is 32.0 Å². The molecule has 0 atom stereocenters. The first-order valence-electron chi connectivity index (χ1n) is 7.36. The molecule has 18 heavy (non-hydrogen) atoms. The molecule has 100 valence electrons. The van der Waals surface area contributed by atoms with Crippen LogP contribution in [0.1, 0.15) is 49.8 Å². The Morgan fingerprint density at radius 2 is 1.89 bits per heavy atom. The van der Waals surface area contributed by atoms with Crippen LogP contribution in [0.4, 0.5) is 0 Å². The predicted molar refractivity (Wildman–Crippen MR) is 79.1 cm³/mol. The molecule has 0 spiro atoms. The third-order valence-electron chi connectivity index (χ3n) is 4.31. The molecule has 1 heteroatoms. The number of hydrogen-bond acceptors (Lipinski definition) is 1. The zero-order valence-electron chi connectivity index (χ0n) is 12.2. The highest BCUT2D eigenvalue weighted by Crippen LogP contribution is 2.28. The summed E-state index contributed by atoms with van der Waals surface area (Å²) in [5, 5.41) is 3.26. The number of rotatable bonds is 6. The summed E-state index contributed by atoms with van der Waals surface area (Å²) in [6, 6.07) is 7.16. The van der Waals surface area contributed by atoms with Gasteiger partial charge in [0, 0.05) is 0 Å². The minimum Gasteiger partial charge on any atom is -0.320 e. The number of aryl methyl sites for hydroxylation is 3. The van der Waals surface area contributed by atoms with Crippen LogP contribution >= 0.6 is 0 Å². The molecule has 0 heterocycles. The van der Waals surface area contributed by atoms with Crippen molar-refractivity contribution >= 4 is 0 Å². The van der Waals surface area contributed by atoms with Gasteiger partial charge in [-0.2, -0.15) is 0 Å². The SMILES string of the molecule is CNCCC(C)(C)CCc1ccc2c(c1)CCC2. The van der Waals surface area contributed by atoms with E-state index >= 15 is 0 Å². The lowest BCUT2D eigenvalue weighted by atomic mass is 9.83. The summed E-state index contributed by atoms with van der Waals surface area (Å²) in [4.78, 5) is 0. The number of benzene rings is 1. The molecule has 0 aliphatic heterocycles. The molecule has 1 aromatic rings. The molecule has 1 aliphatic carbocycles. The van der Waals surface area contributed by atoms with Crippen molar-refractivity contribution in [1.29, 1.82) is 0 Å². The van der Waals surface area contributed by atoms with Gasteiger partial charge in [0.2, 0.25) is 0 Å². The van der Waals surface area contributed by atoms with E-state index in [2.05, 4.69) is 37.4 Å². The minimum atomic E-state index is 0.446. The maximum Gasteiger partial charge on any atom is -0.00468 e. The van der Waals surface area contributed by atoms with Gasteiger partial charge in [-0.15, -0.1) is 0 Å². The second kappa shape index (κ2) is 5.88. The van der Waals surface area contributed by atoms with E-state index < -0.39 is 0 Å². The van der Waals surface area contributed by atoms with Crippen LogP contribution in [0, 0.1) is 5.41 Å². The molecule has 0 aromatic heterocycles. The normalized spacial score (nSPS) is 14.8. The number of nitrogens with one attached hydrogen (secondary N) is 1. The summed E-state index contributed by atoms with van der Waals surface area (Å²) in [6.45, 7) is 5.90. The molecule has 1 N–H and O–H groups in total. The van der Waals surface area contributed by atoms with Gasteiger partial charge in [0.1, 0.15) is 0 Å². The second-order valence-corrected chi connectivity index (χ2v) is 6.47. The smallest absolute Gasteiger partial charge is 0.00468 e.